The number of hydrogen-bond acceptors (Lipinski definition) is 1. The van der Waals surface area contributed by atoms with Gasteiger partial charge in [0.1, 0.15) is 0 Å². The van der Waals surface area contributed by atoms with E-state index in [1.54, 1.807) is 0 Å². The molecule has 0 aliphatic rings. The predicted molar refractivity (Wildman–Crippen MR) is 42.7 cm³/mol. The second-order valence-electron chi connectivity index (χ2n) is 1.74. The Bertz CT molecular complexity index is 186. The van der Waals surface area contributed by atoms with Crippen LogP contribution in [-0.4, -0.2) is 9.79 Å². The first-order valence-electron chi connectivity index (χ1n) is 2.84. The van der Waals surface area contributed by atoms with Crippen molar-refractivity contribution in [2.75, 3.05) is 0 Å². The molecule has 0 aliphatic heterocycles. The van der Waals surface area contributed by atoms with Crippen molar-refractivity contribution in [3.05, 3.63) is 36.4 Å². The Kier molecular flexibility index (Phi) is 4.74. The summed E-state index contributed by atoms with van der Waals surface area (Å²) >= 11 is 0. The van der Waals surface area contributed by atoms with Gasteiger partial charge >= 0.3 is 7.75 Å². The minimum absolute atomic E-state index is 2.00. The summed E-state index contributed by atoms with van der Waals surface area (Å²) in [5.74, 6) is 0. The molecule has 0 saturated heterocycles. The molecule has 5 heteroatoms. The molecule has 0 atom stereocenters. The first-order chi connectivity index (χ1) is 5.00. The summed E-state index contributed by atoms with van der Waals surface area (Å²) in [6, 6.07) is 12.0. The molecule has 0 amide bonds. The molecule has 0 bridgehead atoms. The molecule has 0 aliphatic carbocycles. The van der Waals surface area contributed by atoms with Gasteiger partial charge in [-0.3, -0.25) is 0 Å². The second kappa shape index (κ2) is 5.04. The van der Waals surface area contributed by atoms with Crippen LogP contribution in [0.2, 0.25) is 0 Å². The molecular formula is C6H10NO3P. The molecule has 1 aromatic rings. The number of rotatable bonds is 0. The topological polar surface area (TPSA) is 83.6 Å². The molecule has 4 N–H and O–H groups in total. The van der Waals surface area contributed by atoms with Crippen LogP contribution in [0.25, 0.3) is 0 Å². The van der Waals surface area contributed by atoms with E-state index >= 15 is 0 Å². The van der Waals surface area contributed by atoms with Crippen molar-refractivity contribution < 1.29 is 14.4 Å². The molecule has 4 nitrogen and oxygen atoms in total. The highest BCUT2D eigenvalue weighted by Gasteiger charge is 1.96. The van der Waals surface area contributed by atoms with Gasteiger partial charge in [-0.15, -0.1) is 0 Å². The average Bonchev–Trinajstić information content (AvgIpc) is 1.88. The van der Waals surface area contributed by atoms with Crippen molar-refractivity contribution in [3.8, 4) is 0 Å². The summed E-state index contributed by atoms with van der Waals surface area (Å²) in [6.07, 6.45) is 0. The van der Waals surface area contributed by atoms with E-state index in [2.05, 4.69) is 5.50 Å². The molecule has 0 saturated carbocycles. The molecule has 11 heavy (non-hydrogen) atoms. The van der Waals surface area contributed by atoms with Crippen LogP contribution in [0, 0.1) is 0 Å². The Hall–Kier alpha value is -0.670. The Labute approximate surface area is 64.9 Å². The van der Waals surface area contributed by atoms with E-state index in [1.165, 1.54) is 0 Å². The first kappa shape index (κ1) is 10.3. The van der Waals surface area contributed by atoms with Crippen molar-refractivity contribution >= 4 is 7.75 Å². The molecular weight excluding hydrogens is 165 g/mol. The van der Waals surface area contributed by atoms with Gasteiger partial charge < -0.3 is 9.79 Å². The molecule has 0 spiro atoms. The molecule has 0 unspecified atom stereocenters. The molecule has 0 radical (unpaired) electrons. The van der Waals surface area contributed by atoms with Crippen LogP contribution in [0.3, 0.4) is 0 Å². The molecule has 0 aromatic heterocycles. The van der Waals surface area contributed by atoms with Crippen LogP contribution in [0.4, 0.5) is 0 Å². The van der Waals surface area contributed by atoms with E-state index in [0.29, 0.717) is 0 Å². The quantitative estimate of drug-likeness (QED) is 0.507. The van der Waals surface area contributed by atoms with E-state index in [-0.39, 0.29) is 0 Å². The lowest BCUT2D eigenvalue weighted by molar-refractivity contribution is 0.374. The Balaban J connectivity index is 0.000000187. The number of nitrogens with two attached hydrogens (primary N) is 1. The standard InChI is InChI=1S/C6H6.H4NO3P/c1-2-4-6-5-3-1;1-5(2,3)4/h1-6H;(H4,1,2,3,4). The van der Waals surface area contributed by atoms with E-state index in [0.717, 1.165) is 0 Å². The maximum Gasteiger partial charge on any atom is 0.397 e. The monoisotopic (exact) mass is 175 g/mol. The summed E-state index contributed by atoms with van der Waals surface area (Å²) in [4.78, 5) is 14.8. The van der Waals surface area contributed by atoms with Crippen LogP contribution in [0.1, 0.15) is 0 Å². The fraction of sp³-hybridized carbons (Fsp3) is 0. The van der Waals surface area contributed by atoms with Gasteiger partial charge in [0.15, 0.2) is 0 Å². The highest BCUT2D eigenvalue weighted by atomic mass is 31.2. The van der Waals surface area contributed by atoms with Gasteiger partial charge in [0.2, 0.25) is 0 Å². The minimum atomic E-state index is -4.14. The van der Waals surface area contributed by atoms with Gasteiger partial charge in [-0.05, 0) is 0 Å². The van der Waals surface area contributed by atoms with Crippen LogP contribution in [-0.2, 0) is 4.57 Å². The van der Waals surface area contributed by atoms with Crippen LogP contribution in [0.15, 0.2) is 36.4 Å². The summed E-state index contributed by atoms with van der Waals surface area (Å²) in [5, 5.41) is 0. The highest BCUT2D eigenvalue weighted by Crippen LogP contribution is 2.20. The Morgan fingerprint density at radius 2 is 1.00 bits per heavy atom. The van der Waals surface area contributed by atoms with Crippen LogP contribution in [0.5, 0.6) is 0 Å². The average molecular weight is 175 g/mol. The third kappa shape index (κ3) is 17.6. The van der Waals surface area contributed by atoms with Gasteiger partial charge in [-0.2, -0.15) is 0 Å². The zero-order chi connectivity index (χ0) is 8.74. The largest absolute Gasteiger partial charge is 0.397 e. The Morgan fingerprint density at radius 1 is 0.909 bits per heavy atom. The van der Waals surface area contributed by atoms with Crippen LogP contribution >= 0.6 is 7.75 Å². The third-order valence-corrected chi connectivity index (χ3v) is 0.667. The van der Waals surface area contributed by atoms with E-state index in [1.807, 2.05) is 36.4 Å². The number of hydrogen-bond donors (Lipinski definition) is 3. The van der Waals surface area contributed by atoms with Crippen molar-refractivity contribution in [2.24, 2.45) is 5.50 Å². The number of benzene rings is 1. The van der Waals surface area contributed by atoms with E-state index in [9.17, 15) is 0 Å². The molecule has 1 rings (SSSR count). The first-order valence-corrected chi connectivity index (χ1v) is 4.52. The maximum absolute atomic E-state index is 9.10. The van der Waals surface area contributed by atoms with E-state index in [4.69, 9.17) is 14.4 Å². The fourth-order valence-corrected chi connectivity index (χ4v) is 0.385. The zero-order valence-corrected chi connectivity index (χ0v) is 6.69. The van der Waals surface area contributed by atoms with Crippen molar-refractivity contribution in [3.63, 3.8) is 0 Å². The van der Waals surface area contributed by atoms with Gasteiger partial charge in [0.25, 0.3) is 0 Å². The summed E-state index contributed by atoms with van der Waals surface area (Å²) in [5.41, 5.74) is 4.02. The normalized spacial score (nSPS) is 9.73. The van der Waals surface area contributed by atoms with Gasteiger partial charge in [0.05, 0.1) is 0 Å². The lowest BCUT2D eigenvalue weighted by Gasteiger charge is -1.84. The van der Waals surface area contributed by atoms with Gasteiger partial charge in [0, 0.05) is 0 Å². The summed E-state index contributed by atoms with van der Waals surface area (Å²) < 4.78 is 9.10. The fourth-order valence-electron chi connectivity index (χ4n) is 0.385. The summed E-state index contributed by atoms with van der Waals surface area (Å²) in [6.45, 7) is 0. The Morgan fingerprint density at radius 3 is 1.09 bits per heavy atom. The second-order valence-corrected chi connectivity index (χ2v) is 2.92. The zero-order valence-electron chi connectivity index (χ0n) is 5.79. The minimum Gasteiger partial charge on any atom is -0.313 e. The molecule has 62 valence electrons. The molecule has 1 aromatic carbocycles. The molecule has 0 heterocycles. The highest BCUT2D eigenvalue weighted by molar-refractivity contribution is 7.49. The maximum atomic E-state index is 9.10. The third-order valence-electron chi connectivity index (χ3n) is 0.667. The van der Waals surface area contributed by atoms with Gasteiger partial charge in [-0.1, -0.05) is 36.4 Å². The summed E-state index contributed by atoms with van der Waals surface area (Å²) in [7, 11) is -4.14. The molecule has 0 fully saturated rings. The lowest BCUT2D eigenvalue weighted by atomic mass is 10.4. The van der Waals surface area contributed by atoms with Gasteiger partial charge in [-0.25, -0.2) is 10.1 Å². The van der Waals surface area contributed by atoms with Crippen molar-refractivity contribution in [2.45, 2.75) is 0 Å². The van der Waals surface area contributed by atoms with Crippen molar-refractivity contribution in [1.29, 1.82) is 0 Å². The predicted octanol–water partition coefficient (Wildman–Crippen LogP) is 0.724. The smallest absolute Gasteiger partial charge is 0.313 e. The lowest BCUT2D eigenvalue weighted by Crippen LogP contribution is -1.87. The van der Waals surface area contributed by atoms with Crippen molar-refractivity contribution in [1.82, 2.24) is 0 Å². The SMILES string of the molecule is NP(=O)(O)O.c1ccccc1. The van der Waals surface area contributed by atoms with Crippen LogP contribution < -0.4 is 5.50 Å². The van der Waals surface area contributed by atoms with E-state index < -0.39 is 7.75 Å².